The lowest BCUT2D eigenvalue weighted by Gasteiger charge is -2.35. The highest BCUT2D eigenvalue weighted by molar-refractivity contribution is 5.86. The first-order valence-corrected chi connectivity index (χ1v) is 9.18. The van der Waals surface area contributed by atoms with Crippen molar-refractivity contribution >= 4 is 11.8 Å². The topological polar surface area (TPSA) is 80.6 Å². The van der Waals surface area contributed by atoms with Crippen LogP contribution in [0.2, 0.25) is 0 Å². The number of hydrogen-bond acceptors (Lipinski definition) is 5. The molecule has 142 valence electrons. The summed E-state index contributed by atoms with van der Waals surface area (Å²) in [6, 6.07) is 5.54. The minimum absolute atomic E-state index is 0.0218. The van der Waals surface area contributed by atoms with Gasteiger partial charge < -0.3 is 14.5 Å². The molecule has 0 radical (unpaired) electrons. The molecule has 2 aliphatic heterocycles. The number of morpholine rings is 1. The van der Waals surface area contributed by atoms with Crippen molar-refractivity contribution in [3.63, 3.8) is 0 Å². The van der Waals surface area contributed by atoms with Crippen molar-refractivity contribution in [1.29, 1.82) is 0 Å². The molecule has 4 rings (SSSR count). The lowest BCUT2D eigenvalue weighted by molar-refractivity contribution is -0.139. The van der Waals surface area contributed by atoms with Crippen LogP contribution in [0.3, 0.4) is 0 Å². The van der Waals surface area contributed by atoms with Crippen LogP contribution in [-0.2, 0) is 34.3 Å². The normalized spacial score (nSPS) is 19.7. The Kier molecular flexibility index (Phi) is 4.89. The van der Waals surface area contributed by atoms with Crippen LogP contribution in [0, 0.1) is 0 Å². The van der Waals surface area contributed by atoms with Gasteiger partial charge in [0.05, 0.1) is 25.3 Å². The molecule has 2 amide bonds. The van der Waals surface area contributed by atoms with Gasteiger partial charge in [0.2, 0.25) is 11.8 Å². The smallest absolute Gasteiger partial charge is 0.233 e. The number of amides is 2. The highest BCUT2D eigenvalue weighted by Crippen LogP contribution is 2.29. The van der Waals surface area contributed by atoms with Gasteiger partial charge in [0, 0.05) is 56.9 Å². The fraction of sp³-hybridized carbons (Fsp3) is 0.474. The van der Waals surface area contributed by atoms with Crippen molar-refractivity contribution in [2.45, 2.75) is 18.9 Å². The zero-order chi connectivity index (χ0) is 18.8. The molecule has 1 unspecified atom stereocenters. The SMILES string of the molecule is Cn1cc2c(n1)C(C(=O)N1CCOCC1)CN(C(=O)Cc1ccccn1)C2. The maximum Gasteiger partial charge on any atom is 0.233 e. The molecule has 1 fully saturated rings. The van der Waals surface area contributed by atoms with Gasteiger partial charge in [0.1, 0.15) is 5.92 Å². The number of hydrogen-bond donors (Lipinski definition) is 0. The second kappa shape index (κ2) is 7.48. The van der Waals surface area contributed by atoms with Crippen molar-refractivity contribution < 1.29 is 14.3 Å². The van der Waals surface area contributed by atoms with E-state index in [1.165, 1.54) is 0 Å². The Morgan fingerprint density at radius 3 is 2.78 bits per heavy atom. The van der Waals surface area contributed by atoms with E-state index in [9.17, 15) is 9.59 Å². The summed E-state index contributed by atoms with van der Waals surface area (Å²) in [6.07, 6.45) is 3.81. The quantitative estimate of drug-likeness (QED) is 0.780. The summed E-state index contributed by atoms with van der Waals surface area (Å²) in [5, 5.41) is 4.51. The summed E-state index contributed by atoms with van der Waals surface area (Å²) >= 11 is 0. The zero-order valence-electron chi connectivity index (χ0n) is 15.4. The monoisotopic (exact) mass is 369 g/mol. The van der Waals surface area contributed by atoms with Gasteiger partial charge in [0.25, 0.3) is 0 Å². The van der Waals surface area contributed by atoms with Gasteiger partial charge >= 0.3 is 0 Å². The fourth-order valence-electron chi connectivity index (χ4n) is 3.71. The number of ether oxygens (including phenoxy) is 1. The van der Waals surface area contributed by atoms with Crippen LogP contribution in [0.25, 0.3) is 0 Å². The van der Waals surface area contributed by atoms with Crippen LogP contribution in [0.4, 0.5) is 0 Å². The molecule has 1 atom stereocenters. The lowest BCUT2D eigenvalue weighted by Crippen LogP contribution is -2.48. The minimum Gasteiger partial charge on any atom is -0.378 e. The second-order valence-corrected chi connectivity index (χ2v) is 6.98. The van der Waals surface area contributed by atoms with Gasteiger partial charge in [0.15, 0.2) is 0 Å². The van der Waals surface area contributed by atoms with Gasteiger partial charge in [-0.15, -0.1) is 0 Å². The summed E-state index contributed by atoms with van der Waals surface area (Å²) in [6.45, 7) is 3.10. The molecule has 0 aromatic carbocycles. The van der Waals surface area contributed by atoms with E-state index in [-0.39, 0.29) is 18.2 Å². The maximum absolute atomic E-state index is 13.1. The number of fused-ring (bicyclic) bond motifs is 1. The molecule has 27 heavy (non-hydrogen) atoms. The molecule has 0 bridgehead atoms. The molecule has 2 aromatic rings. The average molecular weight is 369 g/mol. The van der Waals surface area contributed by atoms with E-state index < -0.39 is 5.92 Å². The number of carbonyl (C=O) groups is 2. The van der Waals surface area contributed by atoms with E-state index in [4.69, 9.17) is 4.74 Å². The van der Waals surface area contributed by atoms with E-state index in [0.717, 1.165) is 17.0 Å². The van der Waals surface area contributed by atoms with E-state index in [1.807, 2.05) is 36.3 Å². The largest absolute Gasteiger partial charge is 0.378 e. The van der Waals surface area contributed by atoms with Gasteiger partial charge in [-0.1, -0.05) is 6.07 Å². The second-order valence-electron chi connectivity index (χ2n) is 6.98. The Morgan fingerprint density at radius 1 is 1.22 bits per heavy atom. The van der Waals surface area contributed by atoms with E-state index in [1.54, 1.807) is 15.8 Å². The molecule has 2 aliphatic rings. The first-order valence-electron chi connectivity index (χ1n) is 9.18. The summed E-state index contributed by atoms with van der Waals surface area (Å²) in [4.78, 5) is 33.8. The van der Waals surface area contributed by atoms with Gasteiger partial charge in [-0.2, -0.15) is 5.10 Å². The molecular weight excluding hydrogens is 346 g/mol. The van der Waals surface area contributed by atoms with Crippen molar-refractivity contribution in [3.8, 4) is 0 Å². The number of aryl methyl sites for hydroxylation is 1. The van der Waals surface area contributed by atoms with Gasteiger partial charge in [-0.25, -0.2) is 0 Å². The average Bonchev–Trinajstić information content (AvgIpc) is 3.08. The van der Waals surface area contributed by atoms with Crippen LogP contribution in [0.5, 0.6) is 0 Å². The summed E-state index contributed by atoms with van der Waals surface area (Å²) in [5.41, 5.74) is 2.45. The summed E-state index contributed by atoms with van der Waals surface area (Å²) < 4.78 is 7.07. The fourth-order valence-corrected chi connectivity index (χ4v) is 3.71. The third kappa shape index (κ3) is 3.71. The van der Waals surface area contributed by atoms with E-state index in [2.05, 4.69) is 10.1 Å². The zero-order valence-corrected chi connectivity index (χ0v) is 15.4. The Labute approximate surface area is 157 Å². The molecule has 8 heteroatoms. The Bertz CT molecular complexity index is 829. The summed E-state index contributed by atoms with van der Waals surface area (Å²) in [7, 11) is 1.84. The minimum atomic E-state index is -0.430. The molecule has 0 aliphatic carbocycles. The molecular formula is C19H23N5O3. The standard InChI is InChI=1S/C19H23N5O3/c1-22-11-14-12-24(17(25)10-15-4-2-3-5-20-15)13-16(18(14)21-22)19(26)23-6-8-27-9-7-23/h2-5,11,16H,6-10,12-13H2,1H3. The third-order valence-corrected chi connectivity index (χ3v) is 5.06. The Morgan fingerprint density at radius 2 is 2.04 bits per heavy atom. The Balaban J connectivity index is 1.55. The molecule has 2 aromatic heterocycles. The maximum atomic E-state index is 13.1. The van der Waals surface area contributed by atoms with E-state index >= 15 is 0 Å². The van der Waals surface area contributed by atoms with Crippen LogP contribution < -0.4 is 0 Å². The molecule has 0 N–H and O–H groups in total. The first-order chi connectivity index (χ1) is 13.1. The van der Waals surface area contributed by atoms with Crippen LogP contribution in [0.1, 0.15) is 22.9 Å². The highest BCUT2D eigenvalue weighted by atomic mass is 16.5. The van der Waals surface area contributed by atoms with E-state index in [0.29, 0.717) is 39.4 Å². The predicted octanol–water partition coefficient (Wildman–Crippen LogP) is 0.342. The molecule has 8 nitrogen and oxygen atoms in total. The van der Waals surface area contributed by atoms with Gasteiger partial charge in [-0.3, -0.25) is 19.3 Å². The predicted molar refractivity (Wildman–Crippen MR) is 96.7 cm³/mol. The van der Waals surface area contributed by atoms with Crippen molar-refractivity contribution in [2.75, 3.05) is 32.8 Å². The van der Waals surface area contributed by atoms with Crippen LogP contribution in [-0.4, -0.2) is 69.2 Å². The molecule has 4 heterocycles. The highest BCUT2D eigenvalue weighted by Gasteiger charge is 2.37. The number of aromatic nitrogens is 3. The lowest BCUT2D eigenvalue weighted by atomic mass is 9.94. The third-order valence-electron chi connectivity index (χ3n) is 5.06. The number of carbonyl (C=O) groups excluding carboxylic acids is 2. The van der Waals surface area contributed by atoms with Crippen molar-refractivity contribution in [3.05, 3.63) is 47.5 Å². The van der Waals surface area contributed by atoms with Crippen LogP contribution >= 0.6 is 0 Å². The molecule has 0 saturated carbocycles. The first kappa shape index (κ1) is 17.7. The van der Waals surface area contributed by atoms with Gasteiger partial charge in [-0.05, 0) is 12.1 Å². The molecule has 1 saturated heterocycles. The van der Waals surface area contributed by atoms with Crippen LogP contribution in [0.15, 0.2) is 30.6 Å². The molecule has 0 spiro atoms. The summed E-state index contributed by atoms with van der Waals surface area (Å²) in [5.74, 6) is -0.433. The van der Waals surface area contributed by atoms with Crippen molar-refractivity contribution in [1.82, 2.24) is 24.6 Å². The number of rotatable bonds is 3. The van der Waals surface area contributed by atoms with Crippen molar-refractivity contribution in [2.24, 2.45) is 7.05 Å². The number of nitrogens with zero attached hydrogens (tertiary/aromatic N) is 5. The Hall–Kier alpha value is -2.74. The number of pyridine rings is 1.